The highest BCUT2D eigenvalue weighted by Crippen LogP contribution is 2.15. The molecule has 0 fully saturated rings. The fraction of sp³-hybridized carbons (Fsp3) is 0.182. The Kier molecular flexibility index (Phi) is 1.78. The molecule has 12 heavy (non-hydrogen) atoms. The van der Waals surface area contributed by atoms with Gasteiger partial charge in [0.05, 0.1) is 5.52 Å². The first-order chi connectivity index (χ1) is 5.92. The maximum absolute atomic E-state index is 4.26. The van der Waals surface area contributed by atoms with E-state index in [4.69, 9.17) is 0 Å². The van der Waals surface area contributed by atoms with Crippen LogP contribution in [-0.2, 0) is 6.42 Å². The average Bonchev–Trinajstić information content (AvgIpc) is 2.17. The molecule has 1 heteroatoms. The van der Waals surface area contributed by atoms with Crippen LogP contribution in [0.2, 0.25) is 0 Å². The zero-order chi connectivity index (χ0) is 8.39. The zero-order valence-electron chi connectivity index (χ0n) is 7.04. The lowest BCUT2D eigenvalue weighted by Gasteiger charge is -2.00. The van der Waals surface area contributed by atoms with Crippen molar-refractivity contribution in [2.75, 3.05) is 0 Å². The Balaban J connectivity index is 2.79. The van der Waals surface area contributed by atoms with Crippen molar-refractivity contribution >= 4 is 10.9 Å². The van der Waals surface area contributed by atoms with Crippen molar-refractivity contribution in [2.24, 2.45) is 0 Å². The quantitative estimate of drug-likeness (QED) is 0.618. The first-order valence-electron chi connectivity index (χ1n) is 4.16. The van der Waals surface area contributed by atoms with Gasteiger partial charge in [-0.1, -0.05) is 19.1 Å². The minimum Gasteiger partial charge on any atom is -0.256 e. The van der Waals surface area contributed by atoms with Gasteiger partial charge >= 0.3 is 0 Å². The number of pyridine rings is 1. The van der Waals surface area contributed by atoms with Gasteiger partial charge in [-0.2, -0.15) is 0 Å². The lowest BCUT2D eigenvalue weighted by molar-refractivity contribution is 1.15. The first-order valence-corrected chi connectivity index (χ1v) is 4.16. The third-order valence-electron chi connectivity index (χ3n) is 2.03. The van der Waals surface area contributed by atoms with Gasteiger partial charge in [-0.15, -0.1) is 0 Å². The molecule has 0 bridgehead atoms. The average molecular weight is 156 g/mol. The summed E-state index contributed by atoms with van der Waals surface area (Å²) in [5.41, 5.74) is 2.36. The van der Waals surface area contributed by atoms with Crippen LogP contribution in [0.1, 0.15) is 12.5 Å². The van der Waals surface area contributed by atoms with E-state index in [1.165, 1.54) is 5.56 Å². The van der Waals surface area contributed by atoms with Crippen molar-refractivity contribution in [3.63, 3.8) is 0 Å². The van der Waals surface area contributed by atoms with E-state index in [0.717, 1.165) is 17.3 Å². The molecular formula is C11H10N. The van der Waals surface area contributed by atoms with Crippen molar-refractivity contribution in [2.45, 2.75) is 13.3 Å². The summed E-state index contributed by atoms with van der Waals surface area (Å²) in [6, 6.07) is 11.2. The summed E-state index contributed by atoms with van der Waals surface area (Å²) >= 11 is 0. The summed E-state index contributed by atoms with van der Waals surface area (Å²) in [4.78, 5) is 4.26. The molecule has 1 heterocycles. The molecule has 0 spiro atoms. The summed E-state index contributed by atoms with van der Waals surface area (Å²) in [6.07, 6.45) is 2.90. The van der Waals surface area contributed by atoms with Crippen LogP contribution in [0.5, 0.6) is 0 Å². The van der Waals surface area contributed by atoms with Crippen LogP contribution in [0.4, 0.5) is 0 Å². The Morgan fingerprint density at radius 3 is 3.17 bits per heavy atom. The largest absolute Gasteiger partial charge is 0.256 e. The molecule has 0 aliphatic heterocycles. The summed E-state index contributed by atoms with van der Waals surface area (Å²) in [7, 11) is 0. The highest BCUT2D eigenvalue weighted by Gasteiger charge is 1.97. The molecule has 1 aromatic heterocycles. The molecule has 0 amide bonds. The van der Waals surface area contributed by atoms with E-state index in [9.17, 15) is 0 Å². The van der Waals surface area contributed by atoms with Crippen LogP contribution in [0.3, 0.4) is 0 Å². The number of fused-ring (bicyclic) bond motifs is 1. The van der Waals surface area contributed by atoms with Crippen LogP contribution in [0.25, 0.3) is 10.9 Å². The van der Waals surface area contributed by atoms with Crippen molar-refractivity contribution in [1.29, 1.82) is 0 Å². The van der Waals surface area contributed by atoms with Crippen LogP contribution in [0.15, 0.2) is 30.5 Å². The SMILES string of the molecule is CCc1ccnc2ccc[c]c12. The molecule has 2 rings (SSSR count). The standard InChI is InChI=1S/C11H10N/c1-2-9-7-8-12-11-6-4-3-5-10(9)11/h3-4,6-8H,2H2,1H3. The van der Waals surface area contributed by atoms with E-state index in [1.54, 1.807) is 0 Å². The van der Waals surface area contributed by atoms with Crippen LogP contribution in [-0.4, -0.2) is 4.98 Å². The second-order valence-electron chi connectivity index (χ2n) is 2.75. The van der Waals surface area contributed by atoms with Crippen molar-refractivity contribution in [3.8, 4) is 0 Å². The van der Waals surface area contributed by atoms with Gasteiger partial charge in [-0.05, 0) is 30.2 Å². The number of hydrogen-bond donors (Lipinski definition) is 0. The molecule has 0 N–H and O–H groups in total. The molecule has 59 valence electrons. The van der Waals surface area contributed by atoms with Crippen molar-refractivity contribution in [3.05, 3.63) is 42.1 Å². The second-order valence-corrected chi connectivity index (χ2v) is 2.75. The predicted octanol–water partition coefficient (Wildman–Crippen LogP) is 2.60. The van der Waals surface area contributed by atoms with Gasteiger partial charge in [0, 0.05) is 11.6 Å². The van der Waals surface area contributed by atoms with Crippen LogP contribution >= 0.6 is 0 Å². The van der Waals surface area contributed by atoms with E-state index >= 15 is 0 Å². The van der Waals surface area contributed by atoms with Gasteiger partial charge in [-0.25, -0.2) is 0 Å². The molecule has 0 unspecified atom stereocenters. The molecule has 0 saturated heterocycles. The number of aromatic nitrogens is 1. The Bertz CT molecular complexity index is 388. The fourth-order valence-electron chi connectivity index (χ4n) is 1.38. The Morgan fingerprint density at radius 2 is 2.33 bits per heavy atom. The summed E-state index contributed by atoms with van der Waals surface area (Å²) in [5.74, 6) is 0. The summed E-state index contributed by atoms with van der Waals surface area (Å²) < 4.78 is 0. The van der Waals surface area contributed by atoms with E-state index in [0.29, 0.717) is 0 Å². The third-order valence-corrected chi connectivity index (χ3v) is 2.03. The molecule has 0 saturated carbocycles. The molecule has 0 atom stereocenters. The summed E-state index contributed by atoms with van der Waals surface area (Å²) in [6.45, 7) is 2.15. The van der Waals surface area contributed by atoms with E-state index in [2.05, 4.69) is 24.0 Å². The van der Waals surface area contributed by atoms with E-state index < -0.39 is 0 Å². The predicted molar refractivity (Wildman–Crippen MR) is 50.0 cm³/mol. The number of rotatable bonds is 1. The molecule has 2 aromatic rings. The highest BCUT2D eigenvalue weighted by atomic mass is 14.6. The third kappa shape index (κ3) is 1.07. The van der Waals surface area contributed by atoms with Crippen LogP contribution in [0, 0.1) is 6.07 Å². The Morgan fingerprint density at radius 1 is 1.42 bits per heavy atom. The monoisotopic (exact) mass is 156 g/mol. The smallest absolute Gasteiger partial charge is 0.0710 e. The second kappa shape index (κ2) is 2.94. The fourth-order valence-corrected chi connectivity index (χ4v) is 1.38. The van der Waals surface area contributed by atoms with Gasteiger partial charge in [0.2, 0.25) is 0 Å². The maximum atomic E-state index is 4.26. The van der Waals surface area contributed by atoms with Gasteiger partial charge in [-0.3, -0.25) is 4.98 Å². The molecule has 0 aliphatic rings. The van der Waals surface area contributed by atoms with E-state index in [-0.39, 0.29) is 0 Å². The minimum atomic E-state index is 1.04. The zero-order valence-corrected chi connectivity index (χ0v) is 7.04. The number of aryl methyl sites for hydroxylation is 1. The normalized spacial score (nSPS) is 10.4. The van der Waals surface area contributed by atoms with E-state index in [1.807, 2.05) is 24.4 Å². The Labute approximate surface area is 72.1 Å². The summed E-state index contributed by atoms with van der Waals surface area (Å²) in [5, 5.41) is 1.16. The van der Waals surface area contributed by atoms with Gasteiger partial charge < -0.3 is 0 Å². The molecule has 0 aliphatic carbocycles. The van der Waals surface area contributed by atoms with Crippen molar-refractivity contribution < 1.29 is 0 Å². The van der Waals surface area contributed by atoms with Crippen LogP contribution < -0.4 is 0 Å². The number of benzene rings is 1. The van der Waals surface area contributed by atoms with Crippen molar-refractivity contribution in [1.82, 2.24) is 4.98 Å². The minimum absolute atomic E-state index is 1.04. The molecule has 1 radical (unpaired) electrons. The number of nitrogens with zero attached hydrogens (tertiary/aromatic N) is 1. The van der Waals surface area contributed by atoms with Gasteiger partial charge in [0.15, 0.2) is 0 Å². The molecule has 1 nitrogen and oxygen atoms in total. The maximum Gasteiger partial charge on any atom is 0.0710 e. The lowest BCUT2D eigenvalue weighted by atomic mass is 10.1. The lowest BCUT2D eigenvalue weighted by Crippen LogP contribution is -1.85. The molecular weight excluding hydrogens is 146 g/mol. The topological polar surface area (TPSA) is 12.9 Å². The Hall–Kier alpha value is -1.37. The highest BCUT2D eigenvalue weighted by molar-refractivity contribution is 5.81. The van der Waals surface area contributed by atoms with Gasteiger partial charge in [0.25, 0.3) is 0 Å². The molecule has 1 aromatic carbocycles. The van der Waals surface area contributed by atoms with Gasteiger partial charge in [0.1, 0.15) is 0 Å². The first kappa shape index (κ1) is 7.29. The number of hydrogen-bond acceptors (Lipinski definition) is 1.